The molecular weight excluding hydrogens is 242 g/mol. The summed E-state index contributed by atoms with van der Waals surface area (Å²) < 4.78 is 5.45. The van der Waals surface area contributed by atoms with Crippen molar-refractivity contribution >= 4 is 5.91 Å². The van der Waals surface area contributed by atoms with Crippen molar-refractivity contribution in [2.24, 2.45) is 0 Å². The molecular formula is C15H23NO3. The minimum atomic E-state index is -0.212. The molecule has 0 aliphatic rings. The smallest absolute Gasteiger partial charge is 0.258 e. The van der Waals surface area contributed by atoms with Crippen LogP contribution in [0.1, 0.15) is 38.7 Å². The van der Waals surface area contributed by atoms with E-state index in [1.165, 1.54) is 5.56 Å². The molecule has 0 aliphatic heterocycles. The Balaban J connectivity index is 2.48. The van der Waals surface area contributed by atoms with Crippen LogP contribution >= 0.6 is 0 Å². The Morgan fingerprint density at radius 1 is 1.42 bits per heavy atom. The van der Waals surface area contributed by atoms with Crippen molar-refractivity contribution in [3.8, 4) is 5.75 Å². The molecule has 1 atom stereocenters. The molecule has 1 aromatic carbocycles. The van der Waals surface area contributed by atoms with Crippen LogP contribution in [0.2, 0.25) is 0 Å². The number of benzene rings is 1. The van der Waals surface area contributed by atoms with Gasteiger partial charge in [0.15, 0.2) is 6.61 Å². The standard InChI is InChI=1S/C15H23NO3/c1-4-13(9-17)16-15(18)10-19-14-7-5-6-12(8-14)11(2)3/h5-8,11,13,17H,4,9-10H2,1-3H3,(H,16,18)/t13-/m1/s1. The van der Waals surface area contributed by atoms with Crippen LogP contribution < -0.4 is 10.1 Å². The van der Waals surface area contributed by atoms with E-state index in [9.17, 15) is 4.79 Å². The second-order valence-corrected chi connectivity index (χ2v) is 4.87. The van der Waals surface area contributed by atoms with E-state index in [1.807, 2.05) is 31.2 Å². The number of amides is 1. The fourth-order valence-corrected chi connectivity index (χ4v) is 1.66. The first-order valence-electron chi connectivity index (χ1n) is 6.69. The van der Waals surface area contributed by atoms with E-state index >= 15 is 0 Å². The van der Waals surface area contributed by atoms with Gasteiger partial charge in [0.2, 0.25) is 0 Å². The van der Waals surface area contributed by atoms with Gasteiger partial charge < -0.3 is 15.2 Å². The van der Waals surface area contributed by atoms with Crippen molar-refractivity contribution in [2.45, 2.75) is 39.2 Å². The monoisotopic (exact) mass is 265 g/mol. The summed E-state index contributed by atoms with van der Waals surface area (Å²) in [5, 5.41) is 11.7. The molecule has 1 aromatic rings. The van der Waals surface area contributed by atoms with Crippen LogP contribution in [0.5, 0.6) is 5.75 Å². The van der Waals surface area contributed by atoms with E-state index in [0.717, 1.165) is 0 Å². The molecule has 4 heteroatoms. The van der Waals surface area contributed by atoms with E-state index in [1.54, 1.807) is 0 Å². The molecule has 0 aliphatic carbocycles. The van der Waals surface area contributed by atoms with Crippen LogP contribution in [0, 0.1) is 0 Å². The molecule has 0 bridgehead atoms. The molecule has 0 unspecified atom stereocenters. The highest BCUT2D eigenvalue weighted by Gasteiger charge is 2.10. The normalized spacial score (nSPS) is 12.3. The lowest BCUT2D eigenvalue weighted by molar-refractivity contribution is -0.124. The molecule has 106 valence electrons. The van der Waals surface area contributed by atoms with Gasteiger partial charge in [0.25, 0.3) is 5.91 Å². The highest BCUT2D eigenvalue weighted by atomic mass is 16.5. The summed E-state index contributed by atoms with van der Waals surface area (Å²) in [4.78, 5) is 11.6. The Morgan fingerprint density at radius 2 is 2.16 bits per heavy atom. The van der Waals surface area contributed by atoms with Crippen molar-refractivity contribution in [2.75, 3.05) is 13.2 Å². The number of ether oxygens (including phenoxy) is 1. The molecule has 1 rings (SSSR count). The second kappa shape index (κ2) is 7.79. The Labute approximate surface area is 114 Å². The van der Waals surface area contributed by atoms with E-state index in [2.05, 4.69) is 19.2 Å². The fourth-order valence-electron chi connectivity index (χ4n) is 1.66. The number of carbonyl (C=O) groups excluding carboxylic acids is 1. The lowest BCUT2D eigenvalue weighted by Crippen LogP contribution is -2.39. The van der Waals surface area contributed by atoms with Crippen LogP contribution in [0.4, 0.5) is 0 Å². The van der Waals surface area contributed by atoms with Gasteiger partial charge in [-0.15, -0.1) is 0 Å². The van der Waals surface area contributed by atoms with Gasteiger partial charge in [-0.1, -0.05) is 32.9 Å². The number of hydrogen-bond donors (Lipinski definition) is 2. The first-order valence-corrected chi connectivity index (χ1v) is 6.69. The third-order valence-electron chi connectivity index (χ3n) is 2.97. The molecule has 0 fully saturated rings. The van der Waals surface area contributed by atoms with Crippen molar-refractivity contribution in [3.63, 3.8) is 0 Å². The van der Waals surface area contributed by atoms with Crippen molar-refractivity contribution in [3.05, 3.63) is 29.8 Å². The summed E-state index contributed by atoms with van der Waals surface area (Å²) in [6.07, 6.45) is 0.699. The van der Waals surface area contributed by atoms with Crippen LogP contribution in [0.15, 0.2) is 24.3 Å². The fraction of sp³-hybridized carbons (Fsp3) is 0.533. The Bertz CT molecular complexity index is 400. The number of nitrogens with one attached hydrogen (secondary N) is 1. The molecule has 4 nitrogen and oxygen atoms in total. The SMILES string of the molecule is CC[C@H](CO)NC(=O)COc1cccc(C(C)C)c1. The summed E-state index contributed by atoms with van der Waals surface area (Å²) >= 11 is 0. The van der Waals surface area contributed by atoms with E-state index < -0.39 is 0 Å². The quantitative estimate of drug-likeness (QED) is 0.793. The van der Waals surface area contributed by atoms with Crippen LogP contribution in [-0.2, 0) is 4.79 Å². The van der Waals surface area contributed by atoms with Gasteiger partial charge >= 0.3 is 0 Å². The summed E-state index contributed by atoms with van der Waals surface area (Å²) in [5.41, 5.74) is 1.18. The molecule has 0 aromatic heterocycles. The molecule has 1 amide bonds. The zero-order valence-electron chi connectivity index (χ0n) is 11.8. The highest BCUT2D eigenvalue weighted by Crippen LogP contribution is 2.19. The minimum Gasteiger partial charge on any atom is -0.484 e. The summed E-state index contributed by atoms with van der Waals surface area (Å²) in [7, 11) is 0. The molecule has 0 spiro atoms. The van der Waals surface area contributed by atoms with Gasteiger partial charge in [0.1, 0.15) is 5.75 Å². The molecule has 0 saturated carbocycles. The van der Waals surface area contributed by atoms with Crippen LogP contribution in [0.3, 0.4) is 0 Å². The van der Waals surface area contributed by atoms with E-state index in [0.29, 0.717) is 18.1 Å². The highest BCUT2D eigenvalue weighted by molar-refractivity contribution is 5.77. The third kappa shape index (κ3) is 5.30. The Hall–Kier alpha value is -1.55. The first-order chi connectivity index (χ1) is 9.06. The minimum absolute atomic E-state index is 0.0297. The van der Waals surface area contributed by atoms with Crippen LogP contribution in [0.25, 0.3) is 0 Å². The number of carbonyl (C=O) groups is 1. The number of rotatable bonds is 7. The zero-order chi connectivity index (χ0) is 14.3. The molecule has 19 heavy (non-hydrogen) atoms. The van der Waals surface area contributed by atoms with Crippen molar-refractivity contribution in [1.82, 2.24) is 5.32 Å². The maximum Gasteiger partial charge on any atom is 0.258 e. The largest absolute Gasteiger partial charge is 0.484 e. The second-order valence-electron chi connectivity index (χ2n) is 4.87. The molecule has 0 saturated heterocycles. The summed E-state index contributed by atoms with van der Waals surface area (Å²) in [6, 6.07) is 7.55. The predicted molar refractivity (Wildman–Crippen MR) is 75.3 cm³/mol. The topological polar surface area (TPSA) is 58.6 Å². The van der Waals surface area contributed by atoms with Gasteiger partial charge in [0.05, 0.1) is 12.6 Å². The maximum absolute atomic E-state index is 11.6. The number of hydrogen-bond acceptors (Lipinski definition) is 3. The maximum atomic E-state index is 11.6. The average molecular weight is 265 g/mol. The average Bonchev–Trinajstić information content (AvgIpc) is 2.42. The van der Waals surface area contributed by atoms with Gasteiger partial charge in [-0.05, 0) is 30.0 Å². The Morgan fingerprint density at radius 3 is 2.74 bits per heavy atom. The zero-order valence-corrected chi connectivity index (χ0v) is 11.8. The third-order valence-corrected chi connectivity index (χ3v) is 2.97. The number of aliphatic hydroxyl groups is 1. The lowest BCUT2D eigenvalue weighted by atomic mass is 10.0. The number of aliphatic hydroxyl groups excluding tert-OH is 1. The summed E-state index contributed by atoms with van der Waals surface area (Å²) in [5.74, 6) is 0.908. The summed E-state index contributed by atoms with van der Waals surface area (Å²) in [6.45, 7) is 6.05. The van der Waals surface area contributed by atoms with Gasteiger partial charge in [-0.3, -0.25) is 4.79 Å². The molecule has 0 radical (unpaired) electrons. The van der Waals surface area contributed by atoms with Gasteiger partial charge in [0, 0.05) is 0 Å². The predicted octanol–water partition coefficient (Wildman–Crippen LogP) is 2.08. The van der Waals surface area contributed by atoms with Crippen molar-refractivity contribution < 1.29 is 14.6 Å². The van der Waals surface area contributed by atoms with E-state index in [4.69, 9.17) is 9.84 Å². The molecule has 0 heterocycles. The lowest BCUT2D eigenvalue weighted by Gasteiger charge is -2.14. The van der Waals surface area contributed by atoms with Gasteiger partial charge in [-0.2, -0.15) is 0 Å². The first kappa shape index (κ1) is 15.5. The van der Waals surface area contributed by atoms with Crippen LogP contribution in [-0.4, -0.2) is 30.3 Å². The molecule has 2 N–H and O–H groups in total. The Kier molecular flexibility index (Phi) is 6.36. The van der Waals surface area contributed by atoms with Gasteiger partial charge in [-0.25, -0.2) is 0 Å². The van der Waals surface area contributed by atoms with Crippen molar-refractivity contribution in [1.29, 1.82) is 0 Å². The van der Waals surface area contributed by atoms with E-state index in [-0.39, 0.29) is 25.2 Å².